The van der Waals surface area contributed by atoms with E-state index in [9.17, 15) is 25.5 Å². The number of pyridine rings is 1. The molecule has 0 aliphatic carbocycles. The molecule has 0 aliphatic rings. The normalized spacial score (nSPS) is 10.7. The summed E-state index contributed by atoms with van der Waals surface area (Å²) < 4.78 is 0. The third-order valence-corrected chi connectivity index (χ3v) is 2.73. The Balaban J connectivity index is -0.0000000601. The van der Waals surface area contributed by atoms with E-state index < -0.39 is 0 Å². The number of rotatable bonds is 0. The van der Waals surface area contributed by atoms with Crippen molar-refractivity contribution in [3.63, 3.8) is 0 Å². The predicted octanol–water partition coefficient (Wildman–Crippen LogP) is 0.0471. The Kier molecular flexibility index (Phi) is 43.7. The zero-order valence-electron chi connectivity index (χ0n) is 27.9. The van der Waals surface area contributed by atoms with Crippen molar-refractivity contribution in [2.75, 3.05) is 33.0 Å². The minimum atomic E-state index is -0.0139. The molecule has 0 saturated carbocycles. The van der Waals surface area contributed by atoms with E-state index >= 15 is 0 Å². The molecule has 1 heterocycles. The molecule has 0 aromatic carbocycles. The van der Waals surface area contributed by atoms with Crippen LogP contribution in [0.2, 0.25) is 0 Å². The fraction of sp³-hybridized carbons (Fsp3) is 0.833. The summed E-state index contributed by atoms with van der Waals surface area (Å²) in [5.74, 6) is 0. The molecule has 1 aromatic rings. The summed E-state index contributed by atoms with van der Waals surface area (Å²) in [5.41, 5.74) is -0.0694. The van der Waals surface area contributed by atoms with Crippen LogP contribution in [0, 0.1) is 27.1 Å². The van der Waals surface area contributed by atoms with Gasteiger partial charge in [0.1, 0.15) is 0 Å². The Bertz CT molecular complexity index is 433. The molecule has 1 rings (SSSR count). The summed E-state index contributed by atoms with van der Waals surface area (Å²) in [6.45, 7) is 29.1. The molecule has 0 saturated heterocycles. The minimum Gasteiger partial charge on any atom is -0.854 e. The van der Waals surface area contributed by atoms with Crippen molar-refractivity contribution in [2.24, 2.45) is 27.1 Å². The SMILES string of the molecule is CC(C)(C)C[O-].CC(C)(C)C[O-].CC(C)(C)C[O-].CC(C)(C)C[O-].CC(C)(C)C[O-].[Rb+].[Ti+4].c1ccncc1. The Hall–Kier alpha value is 1.47. The van der Waals surface area contributed by atoms with Crippen molar-refractivity contribution < 1.29 is 105 Å². The Morgan fingerprint density at radius 3 is 0.553 bits per heavy atom. The fourth-order valence-corrected chi connectivity index (χ4v) is 0.313. The molecule has 0 unspecified atom stereocenters. The summed E-state index contributed by atoms with van der Waals surface area (Å²) in [6, 6.07) is 5.72. The van der Waals surface area contributed by atoms with Gasteiger partial charge in [0.05, 0.1) is 0 Å². The molecule has 220 valence electrons. The van der Waals surface area contributed by atoms with Gasteiger partial charge >= 0.3 is 79.9 Å². The quantitative estimate of drug-likeness (QED) is 0.366. The fourth-order valence-electron chi connectivity index (χ4n) is 0.313. The van der Waals surface area contributed by atoms with Gasteiger partial charge in [0.15, 0.2) is 0 Å². The summed E-state index contributed by atoms with van der Waals surface area (Å²) in [4.78, 5) is 3.78. The predicted molar refractivity (Wildman–Crippen MR) is 146 cm³/mol. The third-order valence-electron chi connectivity index (χ3n) is 2.73. The van der Waals surface area contributed by atoms with Crippen molar-refractivity contribution in [2.45, 2.75) is 104 Å². The Morgan fingerprint density at radius 1 is 0.395 bits per heavy atom. The first-order valence-corrected chi connectivity index (χ1v) is 12.6. The molecule has 0 bridgehead atoms. The molecule has 0 N–H and O–H groups in total. The number of aromatic nitrogens is 1. The van der Waals surface area contributed by atoms with Crippen LogP contribution in [0.25, 0.3) is 0 Å². The molecule has 0 aliphatic heterocycles. The van der Waals surface area contributed by atoms with Gasteiger partial charge in [-0.1, -0.05) is 137 Å². The van der Waals surface area contributed by atoms with Crippen molar-refractivity contribution in [1.82, 2.24) is 4.98 Å². The second-order valence-electron chi connectivity index (χ2n) is 14.5. The van der Waals surface area contributed by atoms with Gasteiger partial charge in [0.25, 0.3) is 0 Å². The number of nitrogens with zero attached hydrogens (tertiary/aromatic N) is 1. The van der Waals surface area contributed by atoms with Crippen molar-refractivity contribution in [1.29, 1.82) is 0 Å². The van der Waals surface area contributed by atoms with E-state index in [2.05, 4.69) is 4.98 Å². The monoisotopic (exact) mass is 647 g/mol. The van der Waals surface area contributed by atoms with E-state index in [1.165, 1.54) is 0 Å². The molecule has 0 amide bonds. The second kappa shape index (κ2) is 29.9. The topological polar surface area (TPSA) is 128 Å². The van der Waals surface area contributed by atoms with E-state index in [1.54, 1.807) is 12.4 Å². The number of hydrogen-bond donors (Lipinski definition) is 0. The van der Waals surface area contributed by atoms with Crippen LogP contribution in [-0.4, -0.2) is 38.0 Å². The first-order valence-electron chi connectivity index (χ1n) is 12.6. The van der Waals surface area contributed by atoms with Crippen molar-refractivity contribution in [3.05, 3.63) is 30.6 Å². The average molecular weight is 648 g/mol. The molecular weight excluding hydrogens is 588 g/mol. The molecule has 0 atom stereocenters. The zero-order valence-corrected chi connectivity index (χ0v) is 34.4. The Morgan fingerprint density at radius 2 is 0.526 bits per heavy atom. The summed E-state index contributed by atoms with van der Waals surface area (Å²) in [5, 5.41) is 49.8. The van der Waals surface area contributed by atoms with Gasteiger partial charge in [-0.15, -0.1) is 33.0 Å². The first kappa shape index (κ1) is 55.4. The molecular formula is C30H60NO5RbTi. The van der Waals surface area contributed by atoms with Crippen LogP contribution in [0.3, 0.4) is 0 Å². The van der Waals surface area contributed by atoms with Gasteiger partial charge in [-0.05, 0) is 12.1 Å². The van der Waals surface area contributed by atoms with E-state index in [0.717, 1.165) is 0 Å². The average Bonchev–Trinajstić information content (AvgIpc) is 2.74. The van der Waals surface area contributed by atoms with Crippen LogP contribution in [0.5, 0.6) is 0 Å². The summed E-state index contributed by atoms with van der Waals surface area (Å²) in [7, 11) is 0. The maximum Gasteiger partial charge on any atom is 4.00 e. The Labute approximate surface area is 301 Å². The van der Waals surface area contributed by atoms with E-state index in [0.29, 0.717) is 0 Å². The van der Waals surface area contributed by atoms with Crippen molar-refractivity contribution in [3.8, 4) is 0 Å². The second-order valence-corrected chi connectivity index (χ2v) is 14.5. The molecule has 6 nitrogen and oxygen atoms in total. The standard InChI is InChI=1S/C5H5N.5C5H11O.Rb.Ti/c1-2-4-6-5-3-1;5*1-5(2,3)4-6;;/h1-5H;5*4H2,1-3H3;;/q;5*-1;+1;+4. The van der Waals surface area contributed by atoms with Gasteiger partial charge in [0.2, 0.25) is 0 Å². The third kappa shape index (κ3) is 98.7. The van der Waals surface area contributed by atoms with Gasteiger partial charge < -0.3 is 25.5 Å². The van der Waals surface area contributed by atoms with E-state index in [4.69, 9.17) is 0 Å². The van der Waals surface area contributed by atoms with Crippen LogP contribution < -0.4 is 83.7 Å². The summed E-state index contributed by atoms with van der Waals surface area (Å²) in [6.07, 6.45) is 3.50. The zero-order chi connectivity index (χ0) is 30.3. The van der Waals surface area contributed by atoms with Gasteiger partial charge in [-0.3, -0.25) is 4.98 Å². The smallest absolute Gasteiger partial charge is 0.854 e. The van der Waals surface area contributed by atoms with Crippen LogP contribution in [-0.2, 0) is 21.7 Å². The molecule has 0 fully saturated rings. The van der Waals surface area contributed by atoms with Crippen LogP contribution in [0.1, 0.15) is 104 Å². The molecule has 0 spiro atoms. The van der Waals surface area contributed by atoms with E-state index in [1.807, 2.05) is 122 Å². The van der Waals surface area contributed by atoms with Crippen LogP contribution in [0.15, 0.2) is 30.6 Å². The van der Waals surface area contributed by atoms with Gasteiger partial charge in [-0.2, -0.15) is 0 Å². The van der Waals surface area contributed by atoms with Crippen LogP contribution in [0.4, 0.5) is 0 Å². The largest absolute Gasteiger partial charge is 4.00 e. The summed E-state index contributed by atoms with van der Waals surface area (Å²) >= 11 is 0. The van der Waals surface area contributed by atoms with Gasteiger partial charge in [-0.25, -0.2) is 0 Å². The maximum atomic E-state index is 9.95. The number of hydrogen-bond acceptors (Lipinski definition) is 6. The molecule has 8 heteroatoms. The van der Waals surface area contributed by atoms with Gasteiger partial charge in [0, 0.05) is 12.4 Å². The maximum absolute atomic E-state index is 9.95. The minimum absolute atomic E-state index is 0. The molecule has 0 radical (unpaired) electrons. The van der Waals surface area contributed by atoms with E-state index in [-0.39, 0.29) is 140 Å². The van der Waals surface area contributed by atoms with Crippen molar-refractivity contribution >= 4 is 0 Å². The van der Waals surface area contributed by atoms with Crippen LogP contribution >= 0.6 is 0 Å². The molecule has 1 aromatic heterocycles. The molecule has 38 heavy (non-hydrogen) atoms. The first-order chi connectivity index (χ1) is 15.8.